The number of nitrogens with one attached hydrogen (secondary N) is 1. The Balaban J connectivity index is 1.91. The fourth-order valence-corrected chi connectivity index (χ4v) is 3.13. The standard InChI is InChI=1S/C19H15BrN4O/c1-11-4-3-5-16(22-11)18-17(23-19(24-18)25-2)12-6-7-15-13(8-12)9-14(20)10-21-15/h3-10H,1-2H3,(H,23,24). The number of benzene rings is 1. The van der Waals surface area contributed by atoms with E-state index in [1.807, 2.05) is 43.3 Å². The minimum Gasteiger partial charge on any atom is -0.468 e. The molecule has 0 saturated carbocycles. The third kappa shape index (κ3) is 3.00. The fraction of sp³-hybridized carbons (Fsp3) is 0.105. The highest BCUT2D eigenvalue weighted by atomic mass is 79.9. The summed E-state index contributed by atoms with van der Waals surface area (Å²) in [5, 5.41) is 1.04. The Kier molecular flexibility index (Phi) is 3.97. The minimum atomic E-state index is 0.459. The zero-order valence-corrected chi connectivity index (χ0v) is 15.3. The van der Waals surface area contributed by atoms with Gasteiger partial charge >= 0.3 is 0 Å². The first-order valence-corrected chi connectivity index (χ1v) is 8.57. The van der Waals surface area contributed by atoms with Gasteiger partial charge in [-0.15, -0.1) is 0 Å². The van der Waals surface area contributed by atoms with Crippen LogP contribution in [0.5, 0.6) is 6.01 Å². The van der Waals surface area contributed by atoms with E-state index in [9.17, 15) is 0 Å². The van der Waals surface area contributed by atoms with Gasteiger partial charge in [-0.2, -0.15) is 4.98 Å². The number of aromatic amines is 1. The predicted molar refractivity (Wildman–Crippen MR) is 102 cm³/mol. The van der Waals surface area contributed by atoms with Crippen LogP contribution in [-0.2, 0) is 0 Å². The van der Waals surface area contributed by atoms with E-state index in [0.717, 1.165) is 43.7 Å². The summed E-state index contributed by atoms with van der Waals surface area (Å²) in [5.74, 6) is 0. The van der Waals surface area contributed by atoms with E-state index in [4.69, 9.17) is 4.74 Å². The quantitative estimate of drug-likeness (QED) is 0.543. The summed E-state index contributed by atoms with van der Waals surface area (Å²) in [5.41, 5.74) is 5.33. The van der Waals surface area contributed by atoms with Crippen molar-refractivity contribution >= 4 is 26.8 Å². The van der Waals surface area contributed by atoms with Crippen LogP contribution >= 0.6 is 15.9 Å². The van der Waals surface area contributed by atoms with Crippen molar-refractivity contribution in [2.24, 2.45) is 0 Å². The maximum absolute atomic E-state index is 5.30. The molecule has 4 rings (SSSR count). The van der Waals surface area contributed by atoms with Crippen LogP contribution in [0, 0.1) is 6.92 Å². The lowest BCUT2D eigenvalue weighted by Gasteiger charge is -2.05. The lowest BCUT2D eigenvalue weighted by molar-refractivity contribution is 0.385. The third-order valence-corrected chi connectivity index (χ3v) is 4.37. The van der Waals surface area contributed by atoms with E-state index in [2.05, 4.69) is 41.9 Å². The number of pyridine rings is 2. The first-order valence-electron chi connectivity index (χ1n) is 7.78. The SMILES string of the molecule is COc1nc(-c2ccc3ncc(Br)cc3c2)c(-c2cccc(C)n2)[nH]1. The van der Waals surface area contributed by atoms with Crippen LogP contribution in [0.1, 0.15) is 5.69 Å². The number of hydrogen-bond donors (Lipinski definition) is 1. The highest BCUT2D eigenvalue weighted by Gasteiger charge is 2.16. The summed E-state index contributed by atoms with van der Waals surface area (Å²) >= 11 is 3.47. The van der Waals surface area contributed by atoms with Crippen LogP contribution in [0.15, 0.2) is 53.1 Å². The molecule has 0 aliphatic carbocycles. The van der Waals surface area contributed by atoms with Gasteiger partial charge in [0.25, 0.3) is 6.01 Å². The van der Waals surface area contributed by atoms with E-state index in [1.54, 1.807) is 13.3 Å². The molecule has 0 amide bonds. The molecule has 124 valence electrons. The van der Waals surface area contributed by atoms with Crippen molar-refractivity contribution in [2.45, 2.75) is 6.92 Å². The lowest BCUT2D eigenvalue weighted by Crippen LogP contribution is -1.90. The molecule has 4 aromatic rings. The number of fused-ring (bicyclic) bond motifs is 1. The van der Waals surface area contributed by atoms with Gasteiger partial charge in [-0.3, -0.25) is 9.97 Å². The number of aromatic nitrogens is 4. The summed E-state index contributed by atoms with van der Waals surface area (Å²) in [6, 6.07) is 14.5. The van der Waals surface area contributed by atoms with Gasteiger partial charge in [-0.25, -0.2) is 0 Å². The van der Waals surface area contributed by atoms with Crippen LogP contribution in [0.25, 0.3) is 33.5 Å². The highest BCUT2D eigenvalue weighted by Crippen LogP contribution is 2.33. The summed E-state index contributed by atoms with van der Waals surface area (Å²) < 4.78 is 6.24. The number of H-pyrrole nitrogens is 1. The van der Waals surface area contributed by atoms with Crippen molar-refractivity contribution in [3.8, 4) is 28.7 Å². The van der Waals surface area contributed by atoms with Crippen LogP contribution in [0.3, 0.4) is 0 Å². The minimum absolute atomic E-state index is 0.459. The Morgan fingerprint density at radius 3 is 2.76 bits per heavy atom. The number of nitrogens with zero attached hydrogens (tertiary/aromatic N) is 3. The topological polar surface area (TPSA) is 63.7 Å². The Morgan fingerprint density at radius 1 is 1.08 bits per heavy atom. The van der Waals surface area contributed by atoms with Crippen LogP contribution in [0.4, 0.5) is 0 Å². The summed E-state index contributed by atoms with van der Waals surface area (Å²) in [7, 11) is 1.59. The summed E-state index contributed by atoms with van der Waals surface area (Å²) in [6.07, 6.45) is 1.79. The average molecular weight is 395 g/mol. The van der Waals surface area contributed by atoms with E-state index in [0.29, 0.717) is 6.01 Å². The second-order valence-electron chi connectivity index (χ2n) is 5.69. The zero-order chi connectivity index (χ0) is 17.4. The lowest BCUT2D eigenvalue weighted by atomic mass is 10.1. The van der Waals surface area contributed by atoms with Gasteiger partial charge in [0.05, 0.1) is 24.0 Å². The Morgan fingerprint density at radius 2 is 1.96 bits per heavy atom. The Labute approximate surface area is 153 Å². The van der Waals surface area contributed by atoms with E-state index < -0.39 is 0 Å². The van der Waals surface area contributed by atoms with E-state index in [1.165, 1.54) is 0 Å². The molecule has 0 fully saturated rings. The molecule has 0 aliphatic heterocycles. The number of rotatable bonds is 3. The van der Waals surface area contributed by atoms with Gasteiger partial charge < -0.3 is 9.72 Å². The molecular weight excluding hydrogens is 380 g/mol. The Bertz CT molecular complexity index is 1070. The number of aryl methyl sites for hydroxylation is 1. The number of halogens is 1. The maximum atomic E-state index is 5.30. The summed E-state index contributed by atoms with van der Waals surface area (Å²) in [6.45, 7) is 1.97. The van der Waals surface area contributed by atoms with Gasteiger partial charge in [0, 0.05) is 27.3 Å². The van der Waals surface area contributed by atoms with Gasteiger partial charge in [0.2, 0.25) is 0 Å². The van der Waals surface area contributed by atoms with Crippen LogP contribution < -0.4 is 4.74 Å². The average Bonchev–Trinajstić information content (AvgIpc) is 3.05. The van der Waals surface area contributed by atoms with Crippen molar-refractivity contribution in [3.05, 3.63) is 58.8 Å². The smallest absolute Gasteiger partial charge is 0.294 e. The normalized spacial score (nSPS) is 11.0. The molecule has 0 spiro atoms. The van der Waals surface area contributed by atoms with Gasteiger partial charge in [0.1, 0.15) is 5.69 Å². The molecule has 6 heteroatoms. The highest BCUT2D eigenvalue weighted by molar-refractivity contribution is 9.10. The molecule has 0 radical (unpaired) electrons. The molecule has 1 aromatic carbocycles. The summed E-state index contributed by atoms with van der Waals surface area (Å²) in [4.78, 5) is 16.8. The zero-order valence-electron chi connectivity index (χ0n) is 13.7. The van der Waals surface area contributed by atoms with Crippen molar-refractivity contribution in [2.75, 3.05) is 7.11 Å². The van der Waals surface area contributed by atoms with Gasteiger partial charge in [0.15, 0.2) is 0 Å². The molecule has 3 heterocycles. The van der Waals surface area contributed by atoms with Crippen molar-refractivity contribution < 1.29 is 4.74 Å². The number of ether oxygens (including phenoxy) is 1. The molecule has 25 heavy (non-hydrogen) atoms. The molecule has 0 bridgehead atoms. The monoisotopic (exact) mass is 394 g/mol. The van der Waals surface area contributed by atoms with Gasteiger partial charge in [-0.1, -0.05) is 12.1 Å². The largest absolute Gasteiger partial charge is 0.468 e. The van der Waals surface area contributed by atoms with Crippen molar-refractivity contribution in [3.63, 3.8) is 0 Å². The van der Waals surface area contributed by atoms with E-state index >= 15 is 0 Å². The first-order chi connectivity index (χ1) is 12.1. The molecule has 5 nitrogen and oxygen atoms in total. The number of imidazole rings is 1. The first kappa shape index (κ1) is 15.8. The molecule has 1 N–H and O–H groups in total. The molecule has 0 saturated heterocycles. The second-order valence-corrected chi connectivity index (χ2v) is 6.61. The molecule has 0 unspecified atom stereocenters. The maximum Gasteiger partial charge on any atom is 0.294 e. The van der Waals surface area contributed by atoms with Gasteiger partial charge in [-0.05, 0) is 53.2 Å². The second kappa shape index (κ2) is 6.29. The molecule has 3 aromatic heterocycles. The number of methoxy groups -OCH3 is 1. The third-order valence-electron chi connectivity index (χ3n) is 3.94. The van der Waals surface area contributed by atoms with Crippen molar-refractivity contribution in [1.82, 2.24) is 19.9 Å². The van der Waals surface area contributed by atoms with E-state index in [-0.39, 0.29) is 0 Å². The predicted octanol–water partition coefficient (Wildman–Crippen LogP) is 4.77. The Hall–Kier alpha value is -2.73. The fourth-order valence-electron chi connectivity index (χ4n) is 2.78. The molecular formula is C19H15BrN4O. The van der Waals surface area contributed by atoms with Crippen LogP contribution in [0.2, 0.25) is 0 Å². The molecule has 0 atom stereocenters. The van der Waals surface area contributed by atoms with Crippen LogP contribution in [-0.4, -0.2) is 27.0 Å². The number of hydrogen-bond acceptors (Lipinski definition) is 4. The van der Waals surface area contributed by atoms with Crippen molar-refractivity contribution in [1.29, 1.82) is 0 Å². The molecule has 0 aliphatic rings.